The van der Waals surface area contributed by atoms with Crippen LogP contribution in [0.5, 0.6) is 0 Å². The maximum absolute atomic E-state index is 12.2. The Labute approximate surface area is 98.1 Å². The summed E-state index contributed by atoms with van der Waals surface area (Å²) in [5.74, 6) is 0.119. The molecule has 0 saturated carbocycles. The third-order valence-electron chi connectivity index (χ3n) is 3.45. The number of carbonyl (C=O) groups is 1. The molecule has 0 aliphatic carbocycles. The van der Waals surface area contributed by atoms with Gasteiger partial charge in [0.25, 0.3) is 0 Å². The van der Waals surface area contributed by atoms with Crippen LogP contribution in [0, 0.1) is 5.41 Å². The lowest BCUT2D eigenvalue weighted by Gasteiger charge is -2.30. The molecule has 2 N–H and O–H groups in total. The van der Waals surface area contributed by atoms with E-state index in [-0.39, 0.29) is 11.9 Å². The summed E-state index contributed by atoms with van der Waals surface area (Å²) >= 11 is 0. The highest BCUT2D eigenvalue weighted by molar-refractivity contribution is 5.83. The first-order chi connectivity index (χ1) is 7.52. The van der Waals surface area contributed by atoms with Crippen LogP contribution in [-0.4, -0.2) is 43.7 Å². The number of hydrogen-bond donors (Lipinski definition) is 1. The van der Waals surface area contributed by atoms with E-state index < -0.39 is 5.41 Å². The van der Waals surface area contributed by atoms with Crippen LogP contribution in [0.1, 0.15) is 33.1 Å². The van der Waals surface area contributed by atoms with Crippen molar-refractivity contribution in [2.75, 3.05) is 26.8 Å². The summed E-state index contributed by atoms with van der Waals surface area (Å²) in [6, 6.07) is -0.173. The minimum absolute atomic E-state index is 0.119. The minimum Gasteiger partial charge on any atom is -0.379 e. The van der Waals surface area contributed by atoms with Gasteiger partial charge in [-0.05, 0) is 13.3 Å². The first-order valence-electron chi connectivity index (χ1n) is 6.11. The Bertz CT molecular complexity index is 245. The van der Waals surface area contributed by atoms with Crippen molar-refractivity contribution in [1.29, 1.82) is 0 Å². The van der Waals surface area contributed by atoms with Gasteiger partial charge >= 0.3 is 0 Å². The highest BCUT2D eigenvalue weighted by atomic mass is 16.5. The second-order valence-corrected chi connectivity index (χ2v) is 4.97. The number of nitrogens with two attached hydrogens (primary N) is 1. The molecule has 0 spiro atoms. The highest BCUT2D eigenvalue weighted by Gasteiger charge is 2.45. The molecule has 0 aromatic rings. The number of hydrogen-bond acceptors (Lipinski definition) is 3. The van der Waals surface area contributed by atoms with Gasteiger partial charge in [-0.3, -0.25) is 4.79 Å². The summed E-state index contributed by atoms with van der Waals surface area (Å²) < 4.78 is 5.30. The summed E-state index contributed by atoms with van der Waals surface area (Å²) in [4.78, 5) is 14.0. The molecule has 0 aromatic heterocycles. The Morgan fingerprint density at radius 1 is 1.56 bits per heavy atom. The fourth-order valence-corrected chi connectivity index (χ4v) is 2.05. The van der Waals surface area contributed by atoms with Crippen LogP contribution in [-0.2, 0) is 9.53 Å². The van der Waals surface area contributed by atoms with E-state index in [1.165, 1.54) is 6.42 Å². The zero-order valence-electron chi connectivity index (χ0n) is 10.7. The van der Waals surface area contributed by atoms with Crippen molar-refractivity contribution in [3.8, 4) is 0 Å². The first kappa shape index (κ1) is 13.5. The van der Waals surface area contributed by atoms with Gasteiger partial charge in [0, 0.05) is 19.6 Å². The number of nitrogens with zero attached hydrogens (tertiary/aromatic N) is 1. The lowest BCUT2D eigenvalue weighted by molar-refractivity contribution is -0.140. The lowest BCUT2D eigenvalue weighted by Crippen LogP contribution is -2.50. The van der Waals surface area contributed by atoms with Gasteiger partial charge in [0.05, 0.1) is 18.6 Å². The molecule has 0 radical (unpaired) electrons. The molecule has 1 aliphatic rings. The summed E-state index contributed by atoms with van der Waals surface area (Å²) in [6.07, 6.45) is 3.39. The van der Waals surface area contributed by atoms with E-state index in [9.17, 15) is 4.79 Å². The summed E-state index contributed by atoms with van der Waals surface area (Å²) in [7, 11) is 1.86. The van der Waals surface area contributed by atoms with Crippen molar-refractivity contribution >= 4 is 5.91 Å². The highest BCUT2D eigenvalue weighted by Crippen LogP contribution is 2.29. The second-order valence-electron chi connectivity index (χ2n) is 4.97. The van der Waals surface area contributed by atoms with Crippen LogP contribution in [0.25, 0.3) is 0 Å². The van der Waals surface area contributed by atoms with Crippen LogP contribution in [0.2, 0.25) is 0 Å². The Kier molecular flexibility index (Phi) is 4.74. The average molecular weight is 228 g/mol. The molecule has 94 valence electrons. The Morgan fingerprint density at radius 3 is 2.75 bits per heavy atom. The molecule has 4 heteroatoms. The quantitative estimate of drug-likeness (QED) is 0.714. The van der Waals surface area contributed by atoms with Crippen molar-refractivity contribution in [2.24, 2.45) is 11.1 Å². The largest absolute Gasteiger partial charge is 0.379 e. The number of amides is 1. The normalized spacial score (nSPS) is 29.4. The van der Waals surface area contributed by atoms with E-state index in [1.54, 1.807) is 4.90 Å². The maximum atomic E-state index is 12.2. The van der Waals surface area contributed by atoms with E-state index in [4.69, 9.17) is 10.5 Å². The third kappa shape index (κ3) is 2.74. The van der Waals surface area contributed by atoms with Gasteiger partial charge in [0.2, 0.25) is 5.91 Å². The zero-order valence-corrected chi connectivity index (χ0v) is 10.7. The third-order valence-corrected chi connectivity index (χ3v) is 3.45. The SMILES string of the molecule is CCCCCN(C)C(=O)C1(C)COCC1N. The summed E-state index contributed by atoms with van der Waals surface area (Å²) in [6.45, 7) is 5.82. The molecule has 0 bridgehead atoms. The van der Waals surface area contributed by atoms with Crippen molar-refractivity contribution < 1.29 is 9.53 Å². The summed E-state index contributed by atoms with van der Waals surface area (Å²) in [5.41, 5.74) is 5.41. The van der Waals surface area contributed by atoms with Gasteiger partial charge in [-0.2, -0.15) is 0 Å². The van der Waals surface area contributed by atoms with E-state index in [2.05, 4.69) is 6.92 Å². The molecule has 0 aromatic carbocycles. The molecule has 16 heavy (non-hydrogen) atoms. The van der Waals surface area contributed by atoms with Crippen molar-refractivity contribution in [1.82, 2.24) is 4.90 Å². The average Bonchev–Trinajstić information content (AvgIpc) is 2.59. The van der Waals surface area contributed by atoms with Gasteiger partial charge in [0.1, 0.15) is 0 Å². The Hall–Kier alpha value is -0.610. The smallest absolute Gasteiger partial charge is 0.232 e. The number of rotatable bonds is 5. The molecule has 2 atom stereocenters. The molecule has 2 unspecified atom stereocenters. The molecule has 1 amide bonds. The van der Waals surface area contributed by atoms with Crippen LogP contribution < -0.4 is 5.73 Å². The Balaban J connectivity index is 2.49. The molecule has 1 fully saturated rings. The van der Waals surface area contributed by atoms with Gasteiger partial charge in [-0.15, -0.1) is 0 Å². The van der Waals surface area contributed by atoms with E-state index in [1.807, 2.05) is 14.0 Å². The topological polar surface area (TPSA) is 55.6 Å². The van der Waals surface area contributed by atoms with Crippen LogP contribution in [0.15, 0.2) is 0 Å². The predicted octanol–water partition coefficient (Wildman–Crippen LogP) is 0.999. The molecule has 1 rings (SSSR count). The fourth-order valence-electron chi connectivity index (χ4n) is 2.05. The monoisotopic (exact) mass is 228 g/mol. The van der Waals surface area contributed by atoms with Crippen molar-refractivity contribution in [2.45, 2.75) is 39.2 Å². The minimum atomic E-state index is -0.527. The van der Waals surface area contributed by atoms with Crippen molar-refractivity contribution in [3.63, 3.8) is 0 Å². The maximum Gasteiger partial charge on any atom is 0.232 e. The van der Waals surface area contributed by atoms with Gasteiger partial charge in [0.15, 0.2) is 0 Å². The second kappa shape index (κ2) is 5.64. The first-order valence-corrected chi connectivity index (χ1v) is 6.11. The Morgan fingerprint density at radius 2 is 2.25 bits per heavy atom. The lowest BCUT2D eigenvalue weighted by atomic mass is 9.84. The van der Waals surface area contributed by atoms with Crippen LogP contribution in [0.3, 0.4) is 0 Å². The molecule has 1 aliphatic heterocycles. The van der Waals surface area contributed by atoms with Crippen LogP contribution in [0.4, 0.5) is 0 Å². The fraction of sp³-hybridized carbons (Fsp3) is 0.917. The zero-order chi connectivity index (χ0) is 12.2. The number of unbranched alkanes of at least 4 members (excludes halogenated alkanes) is 2. The molecular formula is C12H24N2O2. The van der Waals surface area contributed by atoms with Crippen molar-refractivity contribution in [3.05, 3.63) is 0 Å². The molecule has 4 nitrogen and oxygen atoms in total. The molecular weight excluding hydrogens is 204 g/mol. The molecule has 1 heterocycles. The van der Waals surface area contributed by atoms with Crippen LogP contribution >= 0.6 is 0 Å². The predicted molar refractivity (Wildman–Crippen MR) is 64.1 cm³/mol. The standard InChI is InChI=1S/C12H24N2O2/c1-4-5-6-7-14(3)11(15)12(2)9-16-8-10(12)13/h10H,4-9,13H2,1-3H3. The van der Waals surface area contributed by atoms with Gasteiger partial charge < -0.3 is 15.4 Å². The van der Waals surface area contributed by atoms with E-state index in [0.717, 1.165) is 19.4 Å². The van der Waals surface area contributed by atoms with E-state index >= 15 is 0 Å². The number of carbonyl (C=O) groups excluding carboxylic acids is 1. The van der Waals surface area contributed by atoms with Gasteiger partial charge in [-0.25, -0.2) is 0 Å². The van der Waals surface area contributed by atoms with E-state index in [0.29, 0.717) is 13.2 Å². The number of ether oxygens (including phenoxy) is 1. The molecule has 1 saturated heterocycles. The van der Waals surface area contributed by atoms with Gasteiger partial charge in [-0.1, -0.05) is 19.8 Å². The summed E-state index contributed by atoms with van der Waals surface area (Å²) in [5, 5.41) is 0.